The molecule has 1 unspecified atom stereocenters. The lowest BCUT2D eigenvalue weighted by Gasteiger charge is -2.37. The Hall–Kier alpha value is -2.61. The molecule has 1 aromatic heterocycles. The molecule has 8 heteroatoms. The van der Waals surface area contributed by atoms with Crippen LogP contribution in [0.4, 0.5) is 0 Å². The number of imidazole rings is 1. The zero-order chi connectivity index (χ0) is 20.8. The molecule has 1 aromatic carbocycles. The van der Waals surface area contributed by atoms with Gasteiger partial charge in [-0.05, 0) is 38.3 Å². The van der Waals surface area contributed by atoms with E-state index in [1.807, 2.05) is 29.4 Å². The average molecular weight is 413 g/mol. The molecular weight excluding hydrogens is 380 g/mol. The molecule has 30 heavy (non-hydrogen) atoms. The lowest BCUT2D eigenvalue weighted by Crippen LogP contribution is -2.55. The van der Waals surface area contributed by atoms with Crippen LogP contribution in [0.25, 0.3) is 11.0 Å². The number of guanidine groups is 1. The van der Waals surface area contributed by atoms with Crippen molar-refractivity contribution in [3.05, 3.63) is 30.6 Å². The van der Waals surface area contributed by atoms with Gasteiger partial charge in [-0.25, -0.2) is 4.98 Å². The van der Waals surface area contributed by atoms with Gasteiger partial charge in [-0.15, -0.1) is 0 Å². The van der Waals surface area contributed by atoms with Gasteiger partial charge in [-0.1, -0.05) is 12.1 Å². The van der Waals surface area contributed by atoms with Crippen LogP contribution in [-0.2, 0) is 16.1 Å². The molecule has 8 nitrogen and oxygen atoms in total. The number of para-hydroxylation sites is 2. The number of carbonyl (C=O) groups excluding carboxylic acids is 1. The molecule has 1 atom stereocenters. The van der Waals surface area contributed by atoms with Gasteiger partial charge >= 0.3 is 0 Å². The third kappa shape index (κ3) is 4.75. The molecule has 2 aliphatic heterocycles. The number of ether oxygens (including phenoxy) is 1. The van der Waals surface area contributed by atoms with Crippen molar-refractivity contribution < 1.29 is 9.53 Å². The summed E-state index contributed by atoms with van der Waals surface area (Å²) in [6.45, 7) is 8.34. The average Bonchev–Trinajstić information content (AvgIpc) is 3.46. The Labute approximate surface area is 177 Å². The highest BCUT2D eigenvalue weighted by atomic mass is 16.5. The number of aliphatic imine (C=N–C) groups is 1. The third-order valence-corrected chi connectivity index (χ3v) is 5.78. The first-order chi connectivity index (χ1) is 14.8. The number of hydrogen-bond acceptors (Lipinski definition) is 4. The highest BCUT2D eigenvalue weighted by Gasteiger charge is 2.30. The molecule has 3 heterocycles. The second-order valence-corrected chi connectivity index (χ2v) is 7.83. The van der Waals surface area contributed by atoms with Crippen LogP contribution in [0.3, 0.4) is 0 Å². The minimum Gasteiger partial charge on any atom is -0.368 e. The maximum absolute atomic E-state index is 12.5. The van der Waals surface area contributed by atoms with E-state index in [1.165, 1.54) is 5.52 Å². The predicted molar refractivity (Wildman–Crippen MR) is 117 cm³/mol. The topological polar surface area (TPSA) is 75.0 Å². The zero-order valence-electron chi connectivity index (χ0n) is 17.8. The Kier molecular flexibility index (Phi) is 6.84. The van der Waals surface area contributed by atoms with Crippen LogP contribution in [0.15, 0.2) is 35.6 Å². The van der Waals surface area contributed by atoms with E-state index in [1.54, 1.807) is 0 Å². The van der Waals surface area contributed by atoms with Gasteiger partial charge in [0.05, 0.1) is 17.4 Å². The molecular formula is C22H32N6O2. The van der Waals surface area contributed by atoms with E-state index in [4.69, 9.17) is 9.73 Å². The minimum absolute atomic E-state index is 0.154. The fourth-order valence-corrected chi connectivity index (χ4v) is 4.16. The lowest BCUT2D eigenvalue weighted by molar-refractivity contribution is -0.142. The maximum atomic E-state index is 12.5. The number of amides is 1. The fraction of sp³-hybridized carbons (Fsp3) is 0.591. The van der Waals surface area contributed by atoms with E-state index in [-0.39, 0.29) is 12.0 Å². The number of fused-ring (bicyclic) bond motifs is 1. The molecule has 0 aliphatic carbocycles. The first-order valence-electron chi connectivity index (χ1n) is 11.1. The van der Waals surface area contributed by atoms with E-state index in [2.05, 4.69) is 32.8 Å². The van der Waals surface area contributed by atoms with Gasteiger partial charge in [-0.3, -0.25) is 9.79 Å². The predicted octanol–water partition coefficient (Wildman–Crippen LogP) is 1.72. The number of hydrogen-bond donors (Lipinski definition) is 1. The quantitative estimate of drug-likeness (QED) is 0.444. The standard InChI is InChI=1S/C22H32N6O2/c1-2-23-22(24-10-6-11-28-17-25-18-7-3-4-8-19(18)28)27-14-12-26(13-15-27)21(29)20-9-5-16-30-20/h3-4,7-8,17,20H,2,5-6,9-16H2,1H3,(H,23,24). The zero-order valence-corrected chi connectivity index (χ0v) is 17.8. The second-order valence-electron chi connectivity index (χ2n) is 7.83. The van der Waals surface area contributed by atoms with Crippen LogP contribution in [0.1, 0.15) is 26.2 Å². The van der Waals surface area contributed by atoms with E-state index in [0.717, 1.165) is 76.6 Å². The van der Waals surface area contributed by atoms with Crippen molar-refractivity contribution in [1.82, 2.24) is 24.7 Å². The normalized spacial score (nSPS) is 20.2. The summed E-state index contributed by atoms with van der Waals surface area (Å²) >= 11 is 0. The lowest BCUT2D eigenvalue weighted by atomic mass is 10.2. The van der Waals surface area contributed by atoms with Gasteiger partial charge in [-0.2, -0.15) is 0 Å². The number of rotatable bonds is 6. The summed E-state index contributed by atoms with van der Waals surface area (Å²) in [4.78, 5) is 26.0. The van der Waals surface area contributed by atoms with Crippen LogP contribution >= 0.6 is 0 Å². The van der Waals surface area contributed by atoms with Gasteiger partial charge in [0.25, 0.3) is 5.91 Å². The van der Waals surface area contributed by atoms with Gasteiger partial charge in [0.2, 0.25) is 0 Å². The minimum atomic E-state index is -0.224. The van der Waals surface area contributed by atoms with E-state index in [9.17, 15) is 4.79 Å². The largest absolute Gasteiger partial charge is 0.368 e. The number of carbonyl (C=O) groups is 1. The molecule has 1 N–H and O–H groups in total. The van der Waals surface area contributed by atoms with Crippen LogP contribution in [-0.4, -0.2) is 83.2 Å². The summed E-state index contributed by atoms with van der Waals surface area (Å²) in [6.07, 6.45) is 4.48. The van der Waals surface area contributed by atoms with Crippen molar-refractivity contribution in [2.45, 2.75) is 38.8 Å². The first kappa shape index (κ1) is 20.7. The van der Waals surface area contributed by atoms with Crippen LogP contribution in [0, 0.1) is 0 Å². The molecule has 2 fully saturated rings. The highest BCUT2D eigenvalue weighted by molar-refractivity contribution is 5.83. The summed E-state index contributed by atoms with van der Waals surface area (Å²) in [5.74, 6) is 1.10. The monoisotopic (exact) mass is 412 g/mol. The van der Waals surface area contributed by atoms with Crippen molar-refractivity contribution in [3.8, 4) is 0 Å². The van der Waals surface area contributed by atoms with Crippen LogP contribution < -0.4 is 5.32 Å². The van der Waals surface area contributed by atoms with Gasteiger partial charge in [0.1, 0.15) is 6.10 Å². The SMILES string of the molecule is CCNC(=NCCCn1cnc2ccccc21)N1CCN(C(=O)C2CCCO2)CC1. The van der Waals surface area contributed by atoms with Crippen molar-refractivity contribution in [2.75, 3.05) is 45.9 Å². The summed E-state index contributed by atoms with van der Waals surface area (Å²) < 4.78 is 7.74. The molecule has 2 aliphatic rings. The molecule has 0 radical (unpaired) electrons. The Morgan fingerprint density at radius 1 is 1.23 bits per heavy atom. The van der Waals surface area contributed by atoms with Crippen molar-refractivity contribution >= 4 is 22.9 Å². The Bertz CT molecular complexity index is 865. The van der Waals surface area contributed by atoms with E-state index >= 15 is 0 Å². The van der Waals surface area contributed by atoms with E-state index in [0.29, 0.717) is 6.61 Å². The molecule has 2 saturated heterocycles. The summed E-state index contributed by atoms with van der Waals surface area (Å²) in [6, 6.07) is 8.20. The molecule has 0 spiro atoms. The molecule has 2 aromatic rings. The number of aryl methyl sites for hydroxylation is 1. The summed E-state index contributed by atoms with van der Waals surface area (Å²) in [5.41, 5.74) is 2.20. The molecule has 0 saturated carbocycles. The fourth-order valence-electron chi connectivity index (χ4n) is 4.16. The Balaban J connectivity index is 1.28. The Morgan fingerprint density at radius 3 is 2.80 bits per heavy atom. The second kappa shape index (κ2) is 9.93. The number of benzene rings is 1. The highest BCUT2D eigenvalue weighted by Crippen LogP contribution is 2.16. The van der Waals surface area contributed by atoms with Gasteiger partial charge < -0.3 is 24.4 Å². The number of aromatic nitrogens is 2. The molecule has 0 bridgehead atoms. The molecule has 1 amide bonds. The summed E-state index contributed by atoms with van der Waals surface area (Å²) in [7, 11) is 0. The van der Waals surface area contributed by atoms with Gasteiger partial charge in [0, 0.05) is 52.4 Å². The number of piperazine rings is 1. The van der Waals surface area contributed by atoms with Crippen molar-refractivity contribution in [3.63, 3.8) is 0 Å². The smallest absolute Gasteiger partial charge is 0.251 e. The molecule has 4 rings (SSSR count). The van der Waals surface area contributed by atoms with E-state index < -0.39 is 0 Å². The molecule has 162 valence electrons. The van der Waals surface area contributed by atoms with Crippen molar-refractivity contribution in [1.29, 1.82) is 0 Å². The van der Waals surface area contributed by atoms with Crippen molar-refractivity contribution in [2.24, 2.45) is 4.99 Å². The maximum Gasteiger partial charge on any atom is 0.251 e. The first-order valence-corrected chi connectivity index (χ1v) is 11.1. The van der Waals surface area contributed by atoms with Crippen LogP contribution in [0.2, 0.25) is 0 Å². The number of nitrogens with one attached hydrogen (secondary N) is 1. The number of nitrogens with zero attached hydrogens (tertiary/aromatic N) is 5. The Morgan fingerprint density at radius 2 is 2.03 bits per heavy atom. The van der Waals surface area contributed by atoms with Gasteiger partial charge in [0.15, 0.2) is 5.96 Å². The summed E-state index contributed by atoms with van der Waals surface area (Å²) in [5, 5.41) is 3.40. The third-order valence-electron chi connectivity index (χ3n) is 5.78. The van der Waals surface area contributed by atoms with Crippen LogP contribution in [0.5, 0.6) is 0 Å².